The van der Waals surface area contributed by atoms with E-state index in [2.05, 4.69) is 86.8 Å². The van der Waals surface area contributed by atoms with Gasteiger partial charge in [0, 0.05) is 12.8 Å². The Labute approximate surface area is 512 Å². The highest BCUT2D eigenvalue weighted by molar-refractivity contribution is 5.70. The highest BCUT2D eigenvalue weighted by atomic mass is 16.6. The molecule has 5 nitrogen and oxygen atoms in total. The molecule has 0 aliphatic rings. The molecule has 1 atom stereocenters. The fourth-order valence-electron chi connectivity index (χ4n) is 11.1. The average Bonchev–Trinajstić information content (AvgIpc) is 3.49. The molecule has 0 bridgehead atoms. The average molecular weight is 1150 g/mol. The summed E-state index contributed by atoms with van der Waals surface area (Å²) in [5.74, 6) is -0.580. The molecule has 82 heavy (non-hydrogen) atoms. The summed E-state index contributed by atoms with van der Waals surface area (Å²) in [6, 6.07) is 0. The van der Waals surface area contributed by atoms with Gasteiger partial charge in [0.15, 0.2) is 6.10 Å². The molecule has 0 radical (unpaired) electrons. The fourth-order valence-corrected chi connectivity index (χ4v) is 11.1. The van der Waals surface area contributed by atoms with Crippen LogP contribution in [0.4, 0.5) is 0 Å². The second kappa shape index (κ2) is 72.6. The molecule has 0 heterocycles. The number of unbranched alkanes of at least 4 members (excludes halogenated alkanes) is 48. The van der Waals surface area contributed by atoms with Crippen molar-refractivity contribution in [2.45, 2.75) is 392 Å². The first-order valence-electron chi connectivity index (χ1n) is 36.5. The minimum Gasteiger partial charge on any atom is -0.462 e. The third kappa shape index (κ3) is 69.8. The lowest BCUT2D eigenvalue weighted by molar-refractivity contribution is -0.161. The van der Waals surface area contributed by atoms with E-state index in [0.29, 0.717) is 12.8 Å². The number of carbonyl (C=O) groups excluding carboxylic acids is 2. The van der Waals surface area contributed by atoms with Crippen LogP contribution in [0.25, 0.3) is 0 Å². The van der Waals surface area contributed by atoms with E-state index in [9.17, 15) is 14.7 Å². The minimum absolute atomic E-state index is 0.0662. The number of rotatable bonds is 68. The van der Waals surface area contributed by atoms with E-state index in [4.69, 9.17) is 9.47 Å². The maximum Gasteiger partial charge on any atom is 0.306 e. The minimum atomic E-state index is -0.778. The van der Waals surface area contributed by atoms with Gasteiger partial charge in [-0.05, 0) is 64.2 Å². The SMILES string of the molecule is CC/C=C\C/C=C\C/C=C\C/C=C\C/C=C\C/C=C\CCCCCCCCCCCCC(=O)OC(CO)COC(=O)CCCCCCCCCCCCCCCCCCCCCCCCCCCCCCCCCCCCCCCCC. The van der Waals surface area contributed by atoms with Gasteiger partial charge in [-0.1, -0.05) is 382 Å². The van der Waals surface area contributed by atoms with Crippen molar-refractivity contribution in [3.8, 4) is 0 Å². The number of hydrogen-bond donors (Lipinski definition) is 1. The topological polar surface area (TPSA) is 72.8 Å². The Morgan fingerprint density at radius 2 is 0.524 bits per heavy atom. The molecule has 0 saturated heterocycles. The Kier molecular flexibility index (Phi) is 70.2. The van der Waals surface area contributed by atoms with E-state index in [1.807, 2.05) is 0 Å². The molecule has 0 fully saturated rings. The van der Waals surface area contributed by atoms with Crippen molar-refractivity contribution in [3.63, 3.8) is 0 Å². The summed E-state index contributed by atoms with van der Waals surface area (Å²) in [5, 5.41) is 9.70. The Morgan fingerprint density at radius 3 is 0.793 bits per heavy atom. The third-order valence-electron chi connectivity index (χ3n) is 16.5. The highest BCUT2D eigenvalue weighted by Crippen LogP contribution is 2.19. The zero-order chi connectivity index (χ0) is 59.1. The maximum absolute atomic E-state index is 12.4. The maximum atomic E-state index is 12.4. The van der Waals surface area contributed by atoms with Crippen LogP contribution >= 0.6 is 0 Å². The van der Waals surface area contributed by atoms with E-state index in [1.165, 1.54) is 283 Å². The molecule has 0 aliphatic carbocycles. The Morgan fingerprint density at radius 1 is 0.293 bits per heavy atom. The van der Waals surface area contributed by atoms with Crippen LogP contribution < -0.4 is 0 Å². The van der Waals surface area contributed by atoms with Gasteiger partial charge in [0.2, 0.25) is 0 Å². The van der Waals surface area contributed by atoms with Gasteiger partial charge in [0.1, 0.15) is 6.61 Å². The molecule has 0 amide bonds. The van der Waals surface area contributed by atoms with Crippen molar-refractivity contribution >= 4 is 11.9 Å². The van der Waals surface area contributed by atoms with Crippen LogP contribution in [-0.2, 0) is 19.1 Å². The molecular weight excluding hydrogens is 1000 g/mol. The van der Waals surface area contributed by atoms with Crippen molar-refractivity contribution in [1.82, 2.24) is 0 Å². The zero-order valence-electron chi connectivity index (χ0n) is 55.0. The normalized spacial score (nSPS) is 12.6. The fraction of sp³-hybridized carbons (Fsp3) is 0.818. The van der Waals surface area contributed by atoms with Crippen LogP contribution in [0, 0.1) is 0 Å². The summed E-state index contributed by atoms with van der Waals surface area (Å²) in [7, 11) is 0. The number of aliphatic hydroxyl groups excluding tert-OH is 1. The number of esters is 2. The van der Waals surface area contributed by atoms with Crippen LogP contribution in [0.1, 0.15) is 386 Å². The molecule has 478 valence electrons. The van der Waals surface area contributed by atoms with Gasteiger partial charge in [-0.3, -0.25) is 9.59 Å². The molecule has 0 aromatic heterocycles. The monoisotopic (exact) mass is 1150 g/mol. The van der Waals surface area contributed by atoms with E-state index in [0.717, 1.165) is 77.0 Å². The predicted octanol–water partition coefficient (Wildman–Crippen LogP) is 25.4. The molecule has 0 aromatic carbocycles. The summed E-state index contributed by atoms with van der Waals surface area (Å²) in [4.78, 5) is 24.7. The van der Waals surface area contributed by atoms with Gasteiger partial charge in [0.25, 0.3) is 0 Å². The van der Waals surface area contributed by atoms with E-state index in [-0.39, 0.29) is 25.2 Å². The highest BCUT2D eigenvalue weighted by Gasteiger charge is 2.16. The predicted molar refractivity (Wildman–Crippen MR) is 362 cm³/mol. The number of allylic oxidation sites excluding steroid dienone is 12. The summed E-state index contributed by atoms with van der Waals surface area (Å²) in [6.07, 6.45) is 101. The molecule has 0 saturated carbocycles. The van der Waals surface area contributed by atoms with Gasteiger partial charge in [0.05, 0.1) is 6.61 Å². The van der Waals surface area contributed by atoms with E-state index < -0.39 is 6.10 Å². The van der Waals surface area contributed by atoms with Crippen molar-refractivity contribution in [2.75, 3.05) is 13.2 Å². The smallest absolute Gasteiger partial charge is 0.306 e. The number of hydrogen-bond acceptors (Lipinski definition) is 5. The van der Waals surface area contributed by atoms with Gasteiger partial charge in [-0.25, -0.2) is 0 Å². The largest absolute Gasteiger partial charge is 0.462 e. The van der Waals surface area contributed by atoms with Crippen molar-refractivity contribution in [1.29, 1.82) is 0 Å². The molecule has 0 aliphatic heterocycles. The standard InChI is InChI=1S/C77H140O5/c1-3-5-7-9-11-13-15-17-19-21-23-25-27-29-31-33-34-35-36-37-38-39-40-41-42-44-45-47-49-51-53-55-57-59-61-63-65-67-69-71-76(79)81-74-75(73-78)82-77(80)72-70-68-66-64-62-60-58-56-54-52-50-48-46-43-32-30-28-26-24-22-20-18-16-14-12-10-8-6-4-2/h6,8,12,14,18,20,24,26,30,32,46,48,75,78H,3-5,7,9-11,13,15-17,19,21-23,25,27-29,31,33-45,47,49-74H2,1-2H3/b8-6-,14-12-,20-18-,26-24-,32-30-,48-46-. The molecular formula is C77H140O5. The Bertz CT molecular complexity index is 1440. The summed E-state index contributed by atoms with van der Waals surface area (Å²) < 4.78 is 10.8. The molecule has 5 heteroatoms. The van der Waals surface area contributed by atoms with Gasteiger partial charge in [-0.2, -0.15) is 0 Å². The second-order valence-corrected chi connectivity index (χ2v) is 24.7. The van der Waals surface area contributed by atoms with Gasteiger partial charge < -0.3 is 14.6 Å². The molecule has 0 aromatic rings. The van der Waals surface area contributed by atoms with Crippen molar-refractivity contribution in [3.05, 3.63) is 72.9 Å². The lowest BCUT2D eigenvalue weighted by Crippen LogP contribution is -2.28. The number of carbonyl (C=O) groups is 2. The Hall–Kier alpha value is -2.66. The van der Waals surface area contributed by atoms with Crippen LogP contribution in [0.15, 0.2) is 72.9 Å². The van der Waals surface area contributed by atoms with E-state index in [1.54, 1.807) is 0 Å². The molecule has 0 spiro atoms. The first kappa shape index (κ1) is 79.3. The summed E-state index contributed by atoms with van der Waals surface area (Å²) in [5.41, 5.74) is 0. The number of ether oxygens (including phenoxy) is 2. The summed E-state index contributed by atoms with van der Waals surface area (Å²) in [6.45, 7) is 4.07. The van der Waals surface area contributed by atoms with Crippen molar-refractivity contribution < 1.29 is 24.2 Å². The van der Waals surface area contributed by atoms with E-state index >= 15 is 0 Å². The zero-order valence-corrected chi connectivity index (χ0v) is 55.0. The van der Waals surface area contributed by atoms with Crippen molar-refractivity contribution in [2.24, 2.45) is 0 Å². The molecule has 1 N–H and O–H groups in total. The molecule has 0 rings (SSSR count). The third-order valence-corrected chi connectivity index (χ3v) is 16.5. The second-order valence-electron chi connectivity index (χ2n) is 24.7. The lowest BCUT2D eigenvalue weighted by Gasteiger charge is -2.15. The first-order chi connectivity index (χ1) is 40.6. The van der Waals surface area contributed by atoms with Gasteiger partial charge in [-0.15, -0.1) is 0 Å². The Balaban J connectivity index is 3.40. The van der Waals surface area contributed by atoms with Gasteiger partial charge >= 0.3 is 11.9 Å². The van der Waals surface area contributed by atoms with Crippen LogP contribution in [0.5, 0.6) is 0 Å². The lowest BCUT2D eigenvalue weighted by atomic mass is 10.0. The van der Waals surface area contributed by atoms with Crippen LogP contribution in [0.2, 0.25) is 0 Å². The first-order valence-corrected chi connectivity index (χ1v) is 36.5. The molecule has 1 unspecified atom stereocenters. The van der Waals surface area contributed by atoms with Crippen LogP contribution in [-0.4, -0.2) is 36.4 Å². The summed E-state index contributed by atoms with van der Waals surface area (Å²) >= 11 is 0. The quantitative estimate of drug-likeness (QED) is 0.0373. The number of aliphatic hydroxyl groups is 1. The van der Waals surface area contributed by atoms with Crippen LogP contribution in [0.3, 0.4) is 0 Å².